The van der Waals surface area contributed by atoms with E-state index in [9.17, 15) is 18.6 Å². The largest absolute Gasteiger partial charge is 0.394 e. The molecule has 0 heterocycles. The van der Waals surface area contributed by atoms with E-state index in [1.807, 2.05) is 6.92 Å². The summed E-state index contributed by atoms with van der Waals surface area (Å²) in [4.78, 5) is 4.30. The number of rotatable bonds is 6. The van der Waals surface area contributed by atoms with E-state index >= 15 is 0 Å². The van der Waals surface area contributed by atoms with Gasteiger partial charge in [0.05, 0.1) is 11.5 Å². The quantitative estimate of drug-likeness (QED) is 0.776. The van der Waals surface area contributed by atoms with Crippen LogP contribution in [0.4, 0.5) is 0 Å². The smallest absolute Gasteiger partial charge is 0.175 e. The minimum atomic E-state index is -3.44. The number of hydrogen-bond acceptors (Lipinski definition) is 5. The van der Waals surface area contributed by atoms with Gasteiger partial charge in [-0.05, 0) is 19.4 Å². The first-order chi connectivity index (χ1) is 9.31. The van der Waals surface area contributed by atoms with E-state index in [-0.39, 0.29) is 17.1 Å². The van der Waals surface area contributed by atoms with Crippen molar-refractivity contribution in [1.29, 1.82) is 0 Å². The molecule has 1 aromatic carbocycles. The normalized spacial score (nSPS) is 15.9. The zero-order chi connectivity index (χ0) is 15.3. The molecule has 1 rings (SSSR count). The molecule has 0 radical (unpaired) electrons. The third-order valence-electron chi connectivity index (χ3n) is 3.09. The molecule has 0 spiro atoms. The number of aliphatic imine (C=N–C) groups is 1. The van der Waals surface area contributed by atoms with Crippen LogP contribution in [0.2, 0.25) is 0 Å². The summed E-state index contributed by atoms with van der Waals surface area (Å²) in [7, 11) is -3.44. The van der Waals surface area contributed by atoms with Gasteiger partial charge in [-0.25, -0.2) is 8.42 Å². The molecule has 0 fully saturated rings. The van der Waals surface area contributed by atoms with Gasteiger partial charge in [0, 0.05) is 17.5 Å². The van der Waals surface area contributed by atoms with Crippen LogP contribution in [-0.4, -0.2) is 43.2 Å². The molecule has 112 valence electrons. The molecule has 1 aromatic rings. The molecular weight excluding hydrogens is 278 g/mol. The van der Waals surface area contributed by atoms with E-state index in [1.165, 1.54) is 6.07 Å². The first kappa shape index (κ1) is 16.8. The van der Waals surface area contributed by atoms with Gasteiger partial charge in [0.2, 0.25) is 0 Å². The van der Waals surface area contributed by atoms with Crippen LogP contribution < -0.4 is 0 Å². The second-order valence-corrected chi connectivity index (χ2v) is 6.71. The number of nitrogens with zero attached hydrogens (tertiary/aromatic N) is 1. The molecule has 2 N–H and O–H groups in total. The lowest BCUT2D eigenvalue weighted by Crippen LogP contribution is -2.23. The van der Waals surface area contributed by atoms with Crippen LogP contribution in [-0.2, 0) is 9.84 Å². The van der Waals surface area contributed by atoms with E-state index in [0.29, 0.717) is 6.42 Å². The predicted molar refractivity (Wildman–Crippen MR) is 78.8 cm³/mol. The van der Waals surface area contributed by atoms with E-state index in [4.69, 9.17) is 0 Å². The fourth-order valence-electron chi connectivity index (χ4n) is 1.86. The standard InChI is InChI=1S/C14H21NO4S/c1-4-10(2)15-12(9-16)14(17)11-7-5-6-8-13(11)20(3,18)19/h5-8,12,14,16-17H,4,9H2,1-3H3/t12-,14-/m1/s1. The highest BCUT2D eigenvalue weighted by Gasteiger charge is 2.25. The van der Waals surface area contributed by atoms with E-state index < -0.39 is 22.0 Å². The Labute approximate surface area is 119 Å². The van der Waals surface area contributed by atoms with Gasteiger partial charge in [-0.15, -0.1) is 0 Å². The number of sulfone groups is 1. The Morgan fingerprint density at radius 2 is 1.95 bits per heavy atom. The van der Waals surface area contributed by atoms with Gasteiger partial charge < -0.3 is 10.2 Å². The van der Waals surface area contributed by atoms with Crippen LogP contribution >= 0.6 is 0 Å². The lowest BCUT2D eigenvalue weighted by Gasteiger charge is -2.20. The predicted octanol–water partition coefficient (Wildman–Crippen LogP) is 1.36. The van der Waals surface area contributed by atoms with Crippen molar-refractivity contribution in [3.63, 3.8) is 0 Å². The summed E-state index contributed by atoms with van der Waals surface area (Å²) in [5.41, 5.74) is 1.06. The fraction of sp³-hybridized carbons (Fsp3) is 0.500. The average Bonchev–Trinajstić information content (AvgIpc) is 2.42. The summed E-state index contributed by atoms with van der Waals surface area (Å²) in [6.07, 6.45) is 0.636. The zero-order valence-corrected chi connectivity index (χ0v) is 12.8. The Kier molecular flexibility index (Phi) is 5.86. The summed E-state index contributed by atoms with van der Waals surface area (Å²) in [6, 6.07) is 5.47. The molecule has 0 bridgehead atoms. The van der Waals surface area contributed by atoms with Crippen molar-refractivity contribution in [3.8, 4) is 0 Å². The molecule has 6 heteroatoms. The minimum absolute atomic E-state index is 0.0651. The van der Waals surface area contributed by atoms with Crippen LogP contribution in [0.15, 0.2) is 34.2 Å². The zero-order valence-electron chi connectivity index (χ0n) is 11.9. The molecule has 0 aliphatic heterocycles. The van der Waals surface area contributed by atoms with Gasteiger partial charge in [-0.1, -0.05) is 25.1 Å². The summed E-state index contributed by atoms with van der Waals surface area (Å²) in [5.74, 6) is 0. The molecular formula is C14H21NO4S. The Hall–Kier alpha value is -1.24. The Morgan fingerprint density at radius 1 is 1.35 bits per heavy atom. The van der Waals surface area contributed by atoms with Crippen LogP contribution in [0.3, 0.4) is 0 Å². The van der Waals surface area contributed by atoms with Crippen LogP contribution in [0.1, 0.15) is 31.9 Å². The fourth-order valence-corrected chi connectivity index (χ4v) is 2.80. The monoisotopic (exact) mass is 299 g/mol. The summed E-state index contributed by atoms with van der Waals surface area (Å²) in [5, 5.41) is 19.7. The van der Waals surface area contributed by atoms with Gasteiger partial charge >= 0.3 is 0 Å². The van der Waals surface area contributed by atoms with Gasteiger partial charge in [0.1, 0.15) is 12.1 Å². The minimum Gasteiger partial charge on any atom is -0.394 e. The molecule has 0 saturated carbocycles. The second-order valence-electron chi connectivity index (χ2n) is 4.72. The number of benzene rings is 1. The molecule has 0 aromatic heterocycles. The third kappa shape index (κ3) is 4.13. The van der Waals surface area contributed by atoms with Gasteiger partial charge in [0.15, 0.2) is 9.84 Å². The molecule has 0 saturated heterocycles. The maximum atomic E-state index is 11.7. The van der Waals surface area contributed by atoms with E-state index in [1.54, 1.807) is 25.1 Å². The summed E-state index contributed by atoms with van der Waals surface area (Å²) >= 11 is 0. The van der Waals surface area contributed by atoms with Crippen molar-refractivity contribution in [1.82, 2.24) is 0 Å². The SMILES string of the molecule is CCC(C)=N[C@H](CO)[C@H](O)c1ccccc1S(C)(=O)=O. The molecule has 0 unspecified atom stereocenters. The lowest BCUT2D eigenvalue weighted by atomic mass is 10.0. The highest BCUT2D eigenvalue weighted by molar-refractivity contribution is 7.90. The first-order valence-corrected chi connectivity index (χ1v) is 8.31. The number of hydrogen-bond donors (Lipinski definition) is 2. The van der Waals surface area contributed by atoms with Gasteiger partial charge in [-0.2, -0.15) is 0 Å². The average molecular weight is 299 g/mol. The van der Waals surface area contributed by atoms with Gasteiger partial charge in [-0.3, -0.25) is 4.99 Å². The third-order valence-corrected chi connectivity index (χ3v) is 4.26. The topological polar surface area (TPSA) is 87.0 Å². The molecule has 0 aliphatic carbocycles. The van der Waals surface area contributed by atoms with Crippen molar-refractivity contribution in [2.75, 3.05) is 12.9 Å². The van der Waals surface area contributed by atoms with Crippen molar-refractivity contribution in [3.05, 3.63) is 29.8 Å². The highest BCUT2D eigenvalue weighted by atomic mass is 32.2. The summed E-state index contributed by atoms with van der Waals surface area (Å²) in [6.45, 7) is 3.37. The first-order valence-electron chi connectivity index (χ1n) is 6.42. The van der Waals surface area contributed by atoms with E-state index in [2.05, 4.69) is 4.99 Å². The Morgan fingerprint density at radius 3 is 2.45 bits per heavy atom. The molecule has 20 heavy (non-hydrogen) atoms. The number of aliphatic hydroxyl groups is 2. The van der Waals surface area contributed by atoms with Gasteiger partial charge in [0.25, 0.3) is 0 Å². The van der Waals surface area contributed by atoms with Crippen LogP contribution in [0.5, 0.6) is 0 Å². The molecule has 0 aliphatic rings. The second kappa shape index (κ2) is 6.97. The Balaban J connectivity index is 3.24. The highest BCUT2D eigenvalue weighted by Crippen LogP contribution is 2.26. The van der Waals surface area contributed by atoms with Crippen molar-refractivity contribution in [2.45, 2.75) is 37.3 Å². The number of aliphatic hydroxyl groups excluding tert-OH is 2. The molecule has 0 amide bonds. The van der Waals surface area contributed by atoms with Crippen molar-refractivity contribution in [2.24, 2.45) is 4.99 Å². The lowest BCUT2D eigenvalue weighted by molar-refractivity contribution is 0.108. The van der Waals surface area contributed by atoms with Crippen LogP contribution in [0, 0.1) is 0 Å². The maximum absolute atomic E-state index is 11.7. The molecule has 5 nitrogen and oxygen atoms in total. The Bertz CT molecular complexity index is 581. The van der Waals surface area contributed by atoms with E-state index in [0.717, 1.165) is 12.0 Å². The summed E-state index contributed by atoms with van der Waals surface area (Å²) < 4.78 is 23.5. The van der Waals surface area contributed by atoms with Crippen molar-refractivity contribution >= 4 is 15.5 Å². The van der Waals surface area contributed by atoms with Crippen LogP contribution in [0.25, 0.3) is 0 Å². The maximum Gasteiger partial charge on any atom is 0.175 e. The molecule has 2 atom stereocenters. The van der Waals surface area contributed by atoms with Crippen molar-refractivity contribution < 1.29 is 18.6 Å².